The van der Waals surface area contributed by atoms with Gasteiger partial charge in [0.15, 0.2) is 0 Å². The van der Waals surface area contributed by atoms with Crippen LogP contribution in [0.3, 0.4) is 0 Å². The molecular formula is C16H33NO4Si. The van der Waals surface area contributed by atoms with Gasteiger partial charge in [-0.15, -0.1) is 0 Å². The van der Waals surface area contributed by atoms with E-state index in [9.17, 15) is 0 Å². The highest BCUT2D eigenvalue weighted by Gasteiger charge is 2.34. The van der Waals surface area contributed by atoms with E-state index in [-0.39, 0.29) is 0 Å². The van der Waals surface area contributed by atoms with Crippen LogP contribution < -0.4 is 0 Å². The Morgan fingerprint density at radius 2 is 1.55 bits per heavy atom. The molecule has 2 rings (SSSR count). The highest BCUT2D eigenvalue weighted by molar-refractivity contribution is 6.66. The van der Waals surface area contributed by atoms with Crippen LogP contribution in [0.5, 0.6) is 0 Å². The Hall–Kier alpha value is 0.0169. The molecule has 130 valence electrons. The van der Waals surface area contributed by atoms with E-state index in [1.807, 2.05) is 0 Å². The van der Waals surface area contributed by atoms with E-state index in [1.165, 1.54) is 0 Å². The molecule has 0 N–H and O–H groups in total. The lowest BCUT2D eigenvalue weighted by Gasteiger charge is -2.34. The van der Waals surface area contributed by atoms with Crippen molar-refractivity contribution in [1.29, 1.82) is 0 Å². The van der Waals surface area contributed by atoms with Gasteiger partial charge in [-0.1, -0.05) is 0 Å². The summed E-state index contributed by atoms with van der Waals surface area (Å²) >= 11 is 0. The second kappa shape index (κ2) is 9.35. The molecule has 0 spiro atoms. The summed E-state index contributed by atoms with van der Waals surface area (Å²) in [5.41, 5.74) is 0. The molecule has 0 radical (unpaired) electrons. The average molecular weight is 332 g/mol. The minimum absolute atomic E-state index is 0.568. The van der Waals surface area contributed by atoms with Crippen molar-refractivity contribution in [1.82, 2.24) is 4.90 Å². The van der Waals surface area contributed by atoms with E-state index >= 15 is 0 Å². The average Bonchev–Trinajstić information content (AvgIpc) is 3.18. The van der Waals surface area contributed by atoms with Gasteiger partial charge < -0.3 is 18.3 Å². The number of rotatable bonds is 10. The molecule has 2 saturated heterocycles. The van der Waals surface area contributed by atoms with Gasteiger partial charge >= 0.3 is 8.56 Å². The Labute approximate surface area is 136 Å². The van der Waals surface area contributed by atoms with Crippen molar-refractivity contribution in [2.24, 2.45) is 0 Å². The van der Waals surface area contributed by atoms with Crippen LogP contribution in [0.1, 0.15) is 33.1 Å². The minimum atomic E-state index is -1.98. The summed E-state index contributed by atoms with van der Waals surface area (Å²) in [6.45, 7) is 12.5. The highest BCUT2D eigenvalue weighted by Crippen LogP contribution is 2.23. The fourth-order valence-electron chi connectivity index (χ4n) is 3.61. The highest BCUT2D eigenvalue weighted by atomic mass is 28.4. The lowest BCUT2D eigenvalue weighted by atomic mass is 10.1. The zero-order valence-corrected chi connectivity index (χ0v) is 15.5. The third kappa shape index (κ3) is 5.28. The number of hydrogen-bond acceptors (Lipinski definition) is 5. The van der Waals surface area contributed by atoms with E-state index in [0.717, 1.165) is 71.5 Å². The van der Waals surface area contributed by atoms with Gasteiger partial charge in [-0.3, -0.25) is 4.90 Å². The molecule has 0 aromatic heterocycles. The van der Waals surface area contributed by atoms with Crippen molar-refractivity contribution in [3.8, 4) is 0 Å². The van der Waals surface area contributed by atoms with E-state index < -0.39 is 8.56 Å². The molecule has 6 heteroatoms. The van der Waals surface area contributed by atoms with E-state index in [1.54, 1.807) is 0 Å². The van der Waals surface area contributed by atoms with Crippen molar-refractivity contribution in [2.75, 3.05) is 46.2 Å². The van der Waals surface area contributed by atoms with Crippen LogP contribution in [0.4, 0.5) is 0 Å². The predicted octanol–water partition coefficient (Wildman–Crippen LogP) is 2.40. The fraction of sp³-hybridized carbons (Fsp3) is 1.00. The molecule has 0 aromatic rings. The Balaban J connectivity index is 1.84. The third-order valence-corrected chi connectivity index (χ3v) is 7.76. The molecule has 5 nitrogen and oxygen atoms in total. The van der Waals surface area contributed by atoms with Gasteiger partial charge in [-0.05, 0) is 52.2 Å². The van der Waals surface area contributed by atoms with Crippen molar-refractivity contribution in [3.63, 3.8) is 0 Å². The molecule has 22 heavy (non-hydrogen) atoms. The summed E-state index contributed by atoms with van der Waals surface area (Å²) in [5.74, 6) is 0. The smallest absolute Gasteiger partial charge is 0.334 e. The first-order valence-electron chi connectivity index (χ1n) is 8.87. The van der Waals surface area contributed by atoms with Crippen molar-refractivity contribution in [2.45, 2.75) is 57.8 Å². The van der Waals surface area contributed by atoms with Gasteiger partial charge in [-0.25, -0.2) is 0 Å². The fourth-order valence-corrected chi connectivity index (χ4v) is 6.00. The largest absolute Gasteiger partial charge is 0.395 e. The van der Waals surface area contributed by atoms with Gasteiger partial charge in [-0.2, -0.15) is 0 Å². The summed E-state index contributed by atoms with van der Waals surface area (Å²) < 4.78 is 23.1. The Kier molecular flexibility index (Phi) is 7.80. The number of nitrogens with zero attached hydrogens (tertiary/aromatic N) is 1. The molecule has 2 atom stereocenters. The SMILES string of the molecule is CCO[Si](C)(CCCN(C1CCOC1)C1CCOC1)OCC. The summed E-state index contributed by atoms with van der Waals surface area (Å²) in [4.78, 5) is 2.63. The molecule has 2 aliphatic heterocycles. The Bertz CT molecular complexity index is 285. The van der Waals surface area contributed by atoms with Crippen LogP contribution in [0.25, 0.3) is 0 Å². The first-order chi connectivity index (χ1) is 10.7. The van der Waals surface area contributed by atoms with Gasteiger partial charge in [0.25, 0.3) is 0 Å². The Morgan fingerprint density at radius 3 is 1.95 bits per heavy atom. The maximum Gasteiger partial charge on any atom is 0.334 e. The zero-order valence-electron chi connectivity index (χ0n) is 14.5. The lowest BCUT2D eigenvalue weighted by Crippen LogP contribution is -2.46. The molecule has 0 aliphatic carbocycles. The maximum absolute atomic E-state index is 5.95. The maximum atomic E-state index is 5.95. The van der Waals surface area contributed by atoms with Crippen molar-refractivity contribution < 1.29 is 18.3 Å². The molecule has 2 heterocycles. The van der Waals surface area contributed by atoms with Crippen LogP contribution in [0.2, 0.25) is 12.6 Å². The number of hydrogen-bond donors (Lipinski definition) is 0. The standard InChI is InChI=1S/C16H33NO4Si/c1-4-20-22(3,21-5-2)12-6-9-17(15-7-10-18-13-15)16-8-11-19-14-16/h15-16H,4-14H2,1-3H3. The molecule has 0 amide bonds. The topological polar surface area (TPSA) is 40.2 Å². The first kappa shape index (κ1) is 18.4. The van der Waals surface area contributed by atoms with Gasteiger partial charge in [0.2, 0.25) is 0 Å². The molecule has 2 unspecified atom stereocenters. The molecule has 2 fully saturated rings. The van der Waals surface area contributed by atoms with Crippen molar-refractivity contribution in [3.05, 3.63) is 0 Å². The van der Waals surface area contributed by atoms with Crippen molar-refractivity contribution >= 4 is 8.56 Å². The lowest BCUT2D eigenvalue weighted by molar-refractivity contribution is 0.0921. The number of ether oxygens (including phenoxy) is 2. The summed E-state index contributed by atoms with van der Waals surface area (Å²) in [6, 6.07) is 2.20. The molecule has 2 aliphatic rings. The van der Waals surface area contributed by atoms with Crippen LogP contribution in [-0.4, -0.2) is 71.7 Å². The van der Waals surface area contributed by atoms with Crippen LogP contribution >= 0.6 is 0 Å². The van der Waals surface area contributed by atoms with Gasteiger partial charge in [0.05, 0.1) is 13.2 Å². The summed E-state index contributed by atoms with van der Waals surface area (Å²) in [6.07, 6.45) is 3.44. The summed E-state index contributed by atoms with van der Waals surface area (Å²) in [7, 11) is -1.98. The predicted molar refractivity (Wildman–Crippen MR) is 89.4 cm³/mol. The van der Waals surface area contributed by atoms with Crippen LogP contribution in [0.15, 0.2) is 0 Å². The van der Waals surface area contributed by atoms with E-state index in [4.69, 9.17) is 18.3 Å². The quantitative estimate of drug-likeness (QED) is 0.575. The Morgan fingerprint density at radius 1 is 1.00 bits per heavy atom. The second-order valence-electron chi connectivity index (χ2n) is 6.38. The van der Waals surface area contributed by atoms with Crippen LogP contribution in [-0.2, 0) is 18.3 Å². The van der Waals surface area contributed by atoms with E-state index in [0.29, 0.717) is 12.1 Å². The molecule has 0 saturated carbocycles. The summed E-state index contributed by atoms with van der Waals surface area (Å²) in [5, 5.41) is 0. The zero-order chi connectivity index (χ0) is 15.8. The monoisotopic (exact) mass is 331 g/mol. The first-order valence-corrected chi connectivity index (χ1v) is 11.4. The van der Waals surface area contributed by atoms with E-state index in [2.05, 4.69) is 25.3 Å². The van der Waals surface area contributed by atoms with Gasteiger partial charge in [0, 0.05) is 38.5 Å². The van der Waals surface area contributed by atoms with Gasteiger partial charge in [0.1, 0.15) is 0 Å². The third-order valence-electron chi connectivity index (χ3n) is 4.70. The van der Waals surface area contributed by atoms with Crippen LogP contribution in [0, 0.1) is 0 Å². The molecule has 0 aromatic carbocycles. The normalized spacial score (nSPS) is 26.2. The minimum Gasteiger partial charge on any atom is -0.395 e. The molecular weight excluding hydrogens is 298 g/mol. The molecule has 0 bridgehead atoms. The second-order valence-corrected chi connectivity index (χ2v) is 9.72.